The van der Waals surface area contributed by atoms with Crippen molar-refractivity contribution in [3.63, 3.8) is 0 Å². The van der Waals surface area contributed by atoms with Crippen molar-refractivity contribution in [2.45, 2.75) is 6.54 Å². The molecule has 2 heterocycles. The van der Waals surface area contributed by atoms with Crippen molar-refractivity contribution in [3.05, 3.63) is 37.3 Å². The molecule has 2 aromatic heterocycles. The maximum atomic E-state index is 11.4. The van der Waals surface area contributed by atoms with Crippen molar-refractivity contribution >= 4 is 15.9 Å². The van der Waals surface area contributed by atoms with Gasteiger partial charge in [0.2, 0.25) is 0 Å². The third-order valence-electron chi connectivity index (χ3n) is 1.83. The number of halogens is 1. The van der Waals surface area contributed by atoms with Crippen LogP contribution in [0.2, 0.25) is 0 Å². The van der Waals surface area contributed by atoms with Crippen LogP contribution in [0.1, 0.15) is 5.82 Å². The smallest absolute Gasteiger partial charge is 0.292 e. The Morgan fingerprint density at radius 3 is 2.88 bits per heavy atom. The maximum Gasteiger partial charge on any atom is 0.328 e. The summed E-state index contributed by atoms with van der Waals surface area (Å²) in [6.07, 6.45) is 1.39. The van der Waals surface area contributed by atoms with Crippen LogP contribution in [-0.4, -0.2) is 29.8 Å². The first kappa shape index (κ1) is 10.7. The van der Waals surface area contributed by atoms with E-state index in [1.807, 2.05) is 0 Å². The van der Waals surface area contributed by atoms with Crippen LogP contribution in [-0.2, 0) is 13.6 Å². The normalized spacial score (nSPS) is 10.6. The van der Waals surface area contributed by atoms with Gasteiger partial charge in [0.05, 0.1) is 18.1 Å². The summed E-state index contributed by atoms with van der Waals surface area (Å²) < 4.78 is 1.55. The Morgan fingerprint density at radius 2 is 2.25 bits per heavy atom. The van der Waals surface area contributed by atoms with Crippen molar-refractivity contribution in [3.8, 4) is 0 Å². The van der Waals surface area contributed by atoms with Crippen LogP contribution in [0.5, 0.6) is 0 Å². The molecule has 0 atom stereocenters. The van der Waals surface area contributed by atoms with Crippen LogP contribution in [0.15, 0.2) is 20.3 Å². The van der Waals surface area contributed by atoms with Gasteiger partial charge in [-0.15, -0.1) is 10.2 Å². The van der Waals surface area contributed by atoms with Crippen molar-refractivity contribution in [1.82, 2.24) is 29.8 Å². The van der Waals surface area contributed by atoms with E-state index in [4.69, 9.17) is 0 Å². The number of tetrazole rings is 1. The third kappa shape index (κ3) is 2.08. The number of aryl methyl sites for hydroxylation is 1. The molecule has 0 saturated carbocycles. The largest absolute Gasteiger partial charge is 0.328 e. The zero-order valence-electron chi connectivity index (χ0n) is 8.21. The predicted octanol–water partition coefficient (Wildman–Crippen LogP) is -1.13. The molecule has 0 aliphatic heterocycles. The summed E-state index contributed by atoms with van der Waals surface area (Å²) >= 11 is 3.03. The first-order valence-electron chi connectivity index (χ1n) is 4.28. The van der Waals surface area contributed by atoms with Crippen molar-refractivity contribution in [1.29, 1.82) is 0 Å². The van der Waals surface area contributed by atoms with E-state index in [-0.39, 0.29) is 11.0 Å². The molecule has 2 rings (SSSR count). The molecule has 0 fully saturated rings. The van der Waals surface area contributed by atoms with Crippen LogP contribution in [0.25, 0.3) is 0 Å². The van der Waals surface area contributed by atoms with Crippen molar-refractivity contribution in [2.24, 2.45) is 7.05 Å². The first-order chi connectivity index (χ1) is 7.56. The number of nitrogens with one attached hydrogen (secondary N) is 1. The molecule has 2 aromatic rings. The molecule has 1 N–H and O–H groups in total. The molecule has 0 aliphatic rings. The molecule has 0 bridgehead atoms. The average molecular weight is 287 g/mol. The van der Waals surface area contributed by atoms with Gasteiger partial charge in [-0.2, -0.15) is 4.80 Å². The van der Waals surface area contributed by atoms with Gasteiger partial charge in [0.1, 0.15) is 0 Å². The number of aromatic amines is 1. The van der Waals surface area contributed by atoms with Crippen LogP contribution < -0.4 is 11.2 Å². The van der Waals surface area contributed by atoms with Gasteiger partial charge in [0, 0.05) is 6.20 Å². The van der Waals surface area contributed by atoms with E-state index >= 15 is 0 Å². The maximum absolute atomic E-state index is 11.4. The topological polar surface area (TPSA) is 98.5 Å². The standard InChI is InChI=1S/C7H7BrN6O2/c1-13-11-5(10-12-13)3-14-2-4(8)6(15)9-7(14)16/h2H,3H2,1H3,(H,9,15,16). The Labute approximate surface area is 97.0 Å². The zero-order chi connectivity index (χ0) is 11.7. The number of hydrogen-bond acceptors (Lipinski definition) is 5. The number of rotatable bonds is 2. The monoisotopic (exact) mass is 286 g/mol. The number of aromatic nitrogens is 6. The van der Waals surface area contributed by atoms with Gasteiger partial charge < -0.3 is 0 Å². The molecule has 9 heteroatoms. The number of nitrogens with zero attached hydrogens (tertiary/aromatic N) is 5. The van der Waals surface area contributed by atoms with E-state index in [1.54, 1.807) is 7.05 Å². The second-order valence-electron chi connectivity index (χ2n) is 3.06. The zero-order valence-corrected chi connectivity index (χ0v) is 9.80. The lowest BCUT2D eigenvalue weighted by molar-refractivity contribution is 0.622. The van der Waals surface area contributed by atoms with Gasteiger partial charge in [-0.3, -0.25) is 14.3 Å². The molecular weight excluding hydrogens is 280 g/mol. The SMILES string of the molecule is Cn1nnc(Cn2cc(Br)c(=O)[nH]c2=O)n1. The molecule has 0 radical (unpaired) electrons. The highest BCUT2D eigenvalue weighted by Gasteiger charge is 2.06. The van der Waals surface area contributed by atoms with Gasteiger partial charge in [-0.05, 0) is 21.1 Å². The summed E-state index contributed by atoms with van der Waals surface area (Å²) in [4.78, 5) is 25.9. The Morgan fingerprint density at radius 1 is 1.50 bits per heavy atom. The van der Waals surface area contributed by atoms with Gasteiger partial charge in [-0.1, -0.05) is 0 Å². The van der Waals surface area contributed by atoms with Gasteiger partial charge in [0.15, 0.2) is 5.82 Å². The molecule has 0 unspecified atom stereocenters. The fourth-order valence-electron chi connectivity index (χ4n) is 1.14. The fourth-order valence-corrected chi connectivity index (χ4v) is 1.49. The highest BCUT2D eigenvalue weighted by Crippen LogP contribution is 1.99. The molecule has 0 aromatic carbocycles. The fraction of sp³-hybridized carbons (Fsp3) is 0.286. The van der Waals surface area contributed by atoms with Crippen LogP contribution in [0, 0.1) is 0 Å². The lowest BCUT2D eigenvalue weighted by Crippen LogP contribution is -2.30. The predicted molar refractivity (Wildman–Crippen MR) is 56.9 cm³/mol. The molecule has 84 valence electrons. The van der Waals surface area contributed by atoms with E-state index in [0.29, 0.717) is 5.82 Å². The first-order valence-corrected chi connectivity index (χ1v) is 5.07. The molecule has 16 heavy (non-hydrogen) atoms. The minimum atomic E-state index is -0.513. The molecule has 0 amide bonds. The Kier molecular flexibility index (Phi) is 2.69. The molecular formula is C7H7BrN6O2. The molecule has 0 saturated heterocycles. The Hall–Kier alpha value is -1.77. The van der Waals surface area contributed by atoms with E-state index < -0.39 is 11.2 Å². The molecule has 8 nitrogen and oxygen atoms in total. The van der Waals surface area contributed by atoms with Crippen LogP contribution >= 0.6 is 15.9 Å². The highest BCUT2D eigenvalue weighted by atomic mass is 79.9. The Balaban J connectivity index is 2.39. The van der Waals surface area contributed by atoms with Crippen molar-refractivity contribution in [2.75, 3.05) is 0 Å². The van der Waals surface area contributed by atoms with Gasteiger partial charge in [-0.25, -0.2) is 4.79 Å². The van der Waals surface area contributed by atoms with E-state index in [1.165, 1.54) is 15.6 Å². The molecule has 0 aliphatic carbocycles. The van der Waals surface area contributed by atoms with Crippen LogP contribution in [0.3, 0.4) is 0 Å². The lowest BCUT2D eigenvalue weighted by Gasteiger charge is -2.00. The second kappa shape index (κ2) is 4.00. The number of hydrogen-bond donors (Lipinski definition) is 1. The summed E-state index contributed by atoms with van der Waals surface area (Å²) in [5.41, 5.74) is -0.978. The average Bonchev–Trinajstić information content (AvgIpc) is 2.60. The Bertz CT molecular complexity index is 626. The third-order valence-corrected chi connectivity index (χ3v) is 2.39. The summed E-state index contributed by atoms with van der Waals surface area (Å²) in [6.45, 7) is 0.155. The quantitative estimate of drug-likeness (QED) is 0.753. The highest BCUT2D eigenvalue weighted by molar-refractivity contribution is 9.10. The van der Waals surface area contributed by atoms with Gasteiger partial charge >= 0.3 is 5.69 Å². The lowest BCUT2D eigenvalue weighted by atomic mass is 10.5. The van der Waals surface area contributed by atoms with E-state index in [2.05, 4.69) is 36.3 Å². The minimum Gasteiger partial charge on any atom is -0.292 e. The summed E-state index contributed by atoms with van der Waals surface area (Å²) in [7, 11) is 1.63. The summed E-state index contributed by atoms with van der Waals surface area (Å²) in [6, 6.07) is 0. The summed E-state index contributed by atoms with van der Waals surface area (Å²) in [5.74, 6) is 0.392. The number of H-pyrrole nitrogens is 1. The summed E-state index contributed by atoms with van der Waals surface area (Å²) in [5, 5.41) is 11.3. The second-order valence-corrected chi connectivity index (χ2v) is 3.91. The van der Waals surface area contributed by atoms with Crippen molar-refractivity contribution < 1.29 is 0 Å². The van der Waals surface area contributed by atoms with Gasteiger partial charge in [0.25, 0.3) is 5.56 Å². The van der Waals surface area contributed by atoms with Crippen LogP contribution in [0.4, 0.5) is 0 Å². The van der Waals surface area contributed by atoms with E-state index in [9.17, 15) is 9.59 Å². The molecule has 0 spiro atoms. The van der Waals surface area contributed by atoms with E-state index in [0.717, 1.165) is 0 Å². The minimum absolute atomic E-state index is 0.155.